The maximum absolute atomic E-state index is 12.5. The van der Waals surface area contributed by atoms with Crippen LogP contribution in [0.15, 0.2) is 40.6 Å². The highest BCUT2D eigenvalue weighted by Crippen LogP contribution is 2.31. The fourth-order valence-electron chi connectivity index (χ4n) is 2.15. The lowest BCUT2D eigenvalue weighted by Crippen LogP contribution is -2.48. The SMILES string of the molecule is Cc1ccc(-c2ccc(S(=O)(=O)NC(C(=O)O)C(C)(C)C)s2)cc1. The van der Waals surface area contributed by atoms with Gasteiger partial charge >= 0.3 is 5.97 Å². The average molecular weight is 367 g/mol. The number of thiophene rings is 1. The van der Waals surface area contributed by atoms with E-state index in [0.717, 1.165) is 27.3 Å². The molecule has 1 atom stereocenters. The smallest absolute Gasteiger partial charge is 0.322 e. The van der Waals surface area contributed by atoms with E-state index in [4.69, 9.17) is 0 Å². The molecule has 7 heteroatoms. The first-order chi connectivity index (χ1) is 11.0. The molecule has 0 amide bonds. The Morgan fingerprint density at radius 3 is 2.21 bits per heavy atom. The quantitative estimate of drug-likeness (QED) is 0.847. The van der Waals surface area contributed by atoms with Crippen LogP contribution in [0.25, 0.3) is 10.4 Å². The second kappa shape index (κ2) is 6.66. The molecule has 0 spiro atoms. The number of aliphatic carboxylic acids is 1. The minimum atomic E-state index is -3.90. The Bertz CT molecular complexity index is 830. The van der Waals surface area contributed by atoms with Gasteiger partial charge in [-0.25, -0.2) is 8.42 Å². The van der Waals surface area contributed by atoms with Gasteiger partial charge in [-0.3, -0.25) is 4.79 Å². The highest BCUT2D eigenvalue weighted by Gasteiger charge is 2.35. The van der Waals surface area contributed by atoms with Gasteiger partial charge in [-0.2, -0.15) is 4.72 Å². The molecule has 1 aromatic carbocycles. The number of hydrogen-bond donors (Lipinski definition) is 2. The Kier molecular flexibility index (Phi) is 5.17. The maximum Gasteiger partial charge on any atom is 0.322 e. The molecule has 2 aromatic rings. The predicted octanol–water partition coefficient (Wildman–Crippen LogP) is 3.50. The van der Waals surface area contributed by atoms with E-state index in [2.05, 4.69) is 4.72 Å². The number of hydrogen-bond acceptors (Lipinski definition) is 4. The maximum atomic E-state index is 12.5. The zero-order valence-electron chi connectivity index (χ0n) is 14.0. The van der Waals surface area contributed by atoms with Crippen molar-refractivity contribution in [3.63, 3.8) is 0 Å². The molecule has 0 bridgehead atoms. The van der Waals surface area contributed by atoms with Crippen LogP contribution in [-0.2, 0) is 14.8 Å². The zero-order valence-corrected chi connectivity index (χ0v) is 15.7. The molecule has 2 N–H and O–H groups in total. The van der Waals surface area contributed by atoms with Crippen LogP contribution >= 0.6 is 11.3 Å². The van der Waals surface area contributed by atoms with Gasteiger partial charge in [0.05, 0.1) is 0 Å². The van der Waals surface area contributed by atoms with Crippen molar-refractivity contribution in [2.24, 2.45) is 5.41 Å². The Labute approximate surface area is 146 Å². The van der Waals surface area contributed by atoms with Crippen molar-refractivity contribution >= 4 is 27.3 Å². The highest BCUT2D eigenvalue weighted by atomic mass is 32.2. The summed E-state index contributed by atoms with van der Waals surface area (Å²) in [6.45, 7) is 7.03. The molecular formula is C17H21NO4S2. The van der Waals surface area contributed by atoms with E-state index in [9.17, 15) is 18.3 Å². The molecule has 0 aliphatic rings. The van der Waals surface area contributed by atoms with Gasteiger partial charge < -0.3 is 5.11 Å². The Balaban J connectivity index is 2.30. The Morgan fingerprint density at radius 1 is 1.12 bits per heavy atom. The highest BCUT2D eigenvalue weighted by molar-refractivity contribution is 7.91. The molecule has 0 aliphatic carbocycles. The van der Waals surface area contributed by atoms with Crippen LogP contribution < -0.4 is 4.72 Å². The van der Waals surface area contributed by atoms with Crippen LogP contribution in [0.5, 0.6) is 0 Å². The summed E-state index contributed by atoms with van der Waals surface area (Å²) in [5.74, 6) is -1.19. The summed E-state index contributed by atoms with van der Waals surface area (Å²) in [4.78, 5) is 12.2. The van der Waals surface area contributed by atoms with E-state index in [1.807, 2.05) is 31.2 Å². The Morgan fingerprint density at radius 2 is 1.71 bits per heavy atom. The third-order valence-corrected chi connectivity index (χ3v) is 6.62. The summed E-state index contributed by atoms with van der Waals surface area (Å²) in [5.41, 5.74) is 1.31. The van der Waals surface area contributed by atoms with E-state index in [1.165, 1.54) is 6.07 Å². The third kappa shape index (κ3) is 4.23. The third-order valence-electron chi connectivity index (χ3n) is 3.57. The Hall–Kier alpha value is -1.70. The van der Waals surface area contributed by atoms with Gasteiger partial charge in [-0.1, -0.05) is 50.6 Å². The topological polar surface area (TPSA) is 83.5 Å². The summed E-state index contributed by atoms with van der Waals surface area (Å²) in [6.07, 6.45) is 0. The van der Waals surface area contributed by atoms with Crippen molar-refractivity contribution in [1.29, 1.82) is 0 Å². The lowest BCUT2D eigenvalue weighted by molar-refractivity contribution is -0.141. The molecule has 0 saturated heterocycles. The molecule has 1 aromatic heterocycles. The predicted molar refractivity (Wildman–Crippen MR) is 95.7 cm³/mol. The average Bonchev–Trinajstić information content (AvgIpc) is 2.95. The van der Waals surface area contributed by atoms with Gasteiger partial charge in [0.25, 0.3) is 10.0 Å². The molecule has 1 unspecified atom stereocenters. The molecular weight excluding hydrogens is 346 g/mol. The fraction of sp³-hybridized carbons (Fsp3) is 0.353. The van der Waals surface area contributed by atoms with E-state index in [1.54, 1.807) is 26.8 Å². The summed E-state index contributed by atoms with van der Waals surface area (Å²) >= 11 is 1.12. The molecule has 24 heavy (non-hydrogen) atoms. The summed E-state index contributed by atoms with van der Waals surface area (Å²) in [5, 5.41) is 9.30. The number of carboxylic acids is 1. The largest absolute Gasteiger partial charge is 0.480 e. The van der Waals surface area contributed by atoms with Gasteiger partial charge in [-0.05, 0) is 30.0 Å². The fourth-order valence-corrected chi connectivity index (χ4v) is 4.87. The lowest BCUT2D eigenvalue weighted by atomic mass is 9.88. The first kappa shape index (κ1) is 18.6. The van der Waals surface area contributed by atoms with Crippen molar-refractivity contribution in [2.75, 3.05) is 0 Å². The van der Waals surface area contributed by atoms with Gasteiger partial charge in [-0.15, -0.1) is 11.3 Å². The van der Waals surface area contributed by atoms with E-state index in [0.29, 0.717) is 0 Å². The van der Waals surface area contributed by atoms with Crippen LogP contribution in [0.3, 0.4) is 0 Å². The van der Waals surface area contributed by atoms with E-state index in [-0.39, 0.29) is 4.21 Å². The van der Waals surface area contributed by atoms with Crippen LogP contribution in [0.1, 0.15) is 26.3 Å². The lowest BCUT2D eigenvalue weighted by Gasteiger charge is -2.27. The standard InChI is InChI=1S/C17H21NO4S2/c1-11-5-7-12(8-6-11)13-9-10-14(23-13)24(21,22)18-15(16(19)20)17(2,3)4/h5-10,15,18H,1-4H3,(H,19,20). The molecule has 1 heterocycles. The normalized spacial score (nSPS) is 13.7. The van der Waals surface area contributed by atoms with E-state index < -0.39 is 27.4 Å². The molecule has 5 nitrogen and oxygen atoms in total. The number of sulfonamides is 1. The molecule has 0 radical (unpaired) electrons. The monoisotopic (exact) mass is 367 g/mol. The number of aryl methyl sites for hydroxylation is 1. The zero-order chi connectivity index (χ0) is 18.1. The molecule has 0 aliphatic heterocycles. The van der Waals surface area contributed by atoms with Crippen molar-refractivity contribution in [3.05, 3.63) is 42.0 Å². The van der Waals surface area contributed by atoms with Gasteiger partial charge in [0.2, 0.25) is 0 Å². The van der Waals surface area contributed by atoms with Crippen molar-refractivity contribution in [1.82, 2.24) is 4.72 Å². The summed E-state index contributed by atoms with van der Waals surface area (Å²) in [7, 11) is -3.90. The van der Waals surface area contributed by atoms with Crippen LogP contribution in [0.2, 0.25) is 0 Å². The van der Waals surface area contributed by atoms with Gasteiger partial charge in [0, 0.05) is 4.88 Å². The first-order valence-electron chi connectivity index (χ1n) is 7.43. The van der Waals surface area contributed by atoms with Crippen molar-refractivity contribution < 1.29 is 18.3 Å². The van der Waals surface area contributed by atoms with E-state index >= 15 is 0 Å². The molecule has 2 rings (SSSR count). The van der Waals surface area contributed by atoms with Crippen molar-refractivity contribution in [2.45, 2.75) is 37.9 Å². The van der Waals surface area contributed by atoms with Crippen LogP contribution in [0, 0.1) is 12.3 Å². The molecule has 0 saturated carbocycles. The van der Waals surface area contributed by atoms with Crippen LogP contribution in [-0.4, -0.2) is 25.5 Å². The molecule has 0 fully saturated rings. The summed E-state index contributed by atoms with van der Waals surface area (Å²) < 4.78 is 27.5. The second-order valence-electron chi connectivity index (χ2n) is 6.74. The minimum absolute atomic E-state index is 0.105. The first-order valence-corrected chi connectivity index (χ1v) is 9.73. The number of rotatable bonds is 5. The minimum Gasteiger partial charge on any atom is -0.480 e. The number of benzene rings is 1. The summed E-state index contributed by atoms with van der Waals surface area (Å²) in [6, 6.07) is 9.82. The number of carbonyl (C=O) groups is 1. The number of carboxylic acid groups (broad SMARTS) is 1. The van der Waals surface area contributed by atoms with Gasteiger partial charge in [0.15, 0.2) is 0 Å². The molecule has 130 valence electrons. The van der Waals surface area contributed by atoms with Crippen molar-refractivity contribution in [3.8, 4) is 10.4 Å². The van der Waals surface area contributed by atoms with Crippen LogP contribution in [0.4, 0.5) is 0 Å². The van der Waals surface area contributed by atoms with Gasteiger partial charge in [0.1, 0.15) is 10.3 Å². The second-order valence-corrected chi connectivity index (χ2v) is 9.77. The number of nitrogens with one attached hydrogen (secondary N) is 1.